The normalized spacial score (nSPS) is 15.2. The molecule has 1 fully saturated rings. The second kappa shape index (κ2) is 8.82. The molecule has 32 heavy (non-hydrogen) atoms. The number of rotatable bonds is 6. The summed E-state index contributed by atoms with van der Waals surface area (Å²) in [6.07, 6.45) is 9.35. The average Bonchev–Trinajstić information content (AvgIpc) is 3.43. The molecule has 0 unspecified atom stereocenters. The van der Waals surface area contributed by atoms with E-state index in [1.165, 1.54) is 31.5 Å². The van der Waals surface area contributed by atoms with Crippen LogP contribution in [0.15, 0.2) is 41.7 Å². The molecule has 0 spiro atoms. The fourth-order valence-electron chi connectivity index (χ4n) is 4.26. The number of amides is 2. The first-order valence-corrected chi connectivity index (χ1v) is 11.6. The van der Waals surface area contributed by atoms with Gasteiger partial charge in [0, 0.05) is 36.0 Å². The molecule has 5 rings (SSSR count). The van der Waals surface area contributed by atoms with Crippen molar-refractivity contribution in [3.8, 4) is 17.0 Å². The lowest BCUT2D eigenvalue weighted by Gasteiger charge is -2.25. The standard InChI is InChI=1S/C23H24FN5O2S/c1-31-20-12-14(8-10-25-20)18-13-19(24)16-6-3-7-17(16)22(18)26-23(30)28-32-21-9-11-29(27-21)15-4-2-5-15/h8-13,15H,2-7H2,1H3,(H2,26,28,30). The van der Waals surface area contributed by atoms with Crippen LogP contribution in [0.25, 0.3) is 11.1 Å². The molecule has 2 N–H and O–H groups in total. The van der Waals surface area contributed by atoms with Crippen LogP contribution < -0.4 is 14.8 Å². The Morgan fingerprint density at radius 1 is 1.22 bits per heavy atom. The van der Waals surface area contributed by atoms with Crippen molar-refractivity contribution in [2.45, 2.75) is 49.6 Å². The minimum absolute atomic E-state index is 0.245. The Labute approximate surface area is 189 Å². The van der Waals surface area contributed by atoms with Crippen LogP contribution in [0, 0.1) is 5.82 Å². The highest BCUT2D eigenvalue weighted by Gasteiger charge is 2.25. The second-order valence-corrected chi connectivity index (χ2v) is 8.88. The van der Waals surface area contributed by atoms with Gasteiger partial charge in [0.2, 0.25) is 5.88 Å². The van der Waals surface area contributed by atoms with Crippen molar-refractivity contribution in [3.05, 3.63) is 53.6 Å². The van der Waals surface area contributed by atoms with E-state index in [0.717, 1.165) is 41.8 Å². The maximum Gasteiger partial charge on any atom is 0.329 e. The number of ether oxygens (including phenoxy) is 1. The van der Waals surface area contributed by atoms with Crippen molar-refractivity contribution in [1.29, 1.82) is 0 Å². The molecule has 1 saturated carbocycles. The Kier molecular flexibility index (Phi) is 5.73. The zero-order valence-corrected chi connectivity index (χ0v) is 18.5. The molecule has 2 heterocycles. The van der Waals surface area contributed by atoms with Gasteiger partial charge >= 0.3 is 6.03 Å². The molecule has 0 atom stereocenters. The van der Waals surface area contributed by atoms with Crippen LogP contribution >= 0.6 is 11.9 Å². The van der Waals surface area contributed by atoms with E-state index in [1.807, 2.05) is 16.9 Å². The molecule has 1 aromatic carbocycles. The number of hydrogen-bond donors (Lipinski definition) is 2. The SMILES string of the molecule is COc1cc(-c2cc(F)c3c(c2NC(=O)NSc2ccn(C4CCC4)n2)CCC3)ccn1. The summed E-state index contributed by atoms with van der Waals surface area (Å²) in [7, 11) is 1.53. The van der Waals surface area contributed by atoms with Crippen LogP contribution in [0.4, 0.5) is 14.9 Å². The van der Waals surface area contributed by atoms with Gasteiger partial charge in [0.05, 0.1) is 18.8 Å². The largest absolute Gasteiger partial charge is 0.481 e. The summed E-state index contributed by atoms with van der Waals surface area (Å²) < 4.78 is 24.8. The Morgan fingerprint density at radius 2 is 2.06 bits per heavy atom. The van der Waals surface area contributed by atoms with E-state index in [-0.39, 0.29) is 11.8 Å². The first kappa shape index (κ1) is 20.8. The van der Waals surface area contributed by atoms with Crippen LogP contribution in [-0.2, 0) is 12.8 Å². The quantitative estimate of drug-likeness (QED) is 0.506. The van der Waals surface area contributed by atoms with E-state index in [4.69, 9.17) is 4.74 Å². The third kappa shape index (κ3) is 4.04. The molecule has 2 aliphatic carbocycles. The molecule has 9 heteroatoms. The Hall–Kier alpha value is -3.07. The molecule has 2 aliphatic rings. The molecule has 166 valence electrons. The third-order valence-electron chi connectivity index (χ3n) is 6.12. The number of pyridine rings is 1. The molecule has 0 radical (unpaired) electrons. The van der Waals surface area contributed by atoms with E-state index in [1.54, 1.807) is 18.3 Å². The molecule has 7 nitrogen and oxygen atoms in total. The van der Waals surface area contributed by atoms with Gasteiger partial charge in [0.15, 0.2) is 0 Å². The summed E-state index contributed by atoms with van der Waals surface area (Å²) in [5.41, 5.74) is 3.50. The van der Waals surface area contributed by atoms with Crippen LogP contribution in [-0.4, -0.2) is 27.9 Å². The lowest BCUT2D eigenvalue weighted by atomic mass is 9.93. The molecule has 2 aromatic heterocycles. The number of anilines is 1. The number of nitrogens with one attached hydrogen (secondary N) is 2. The van der Waals surface area contributed by atoms with Gasteiger partial charge in [-0.2, -0.15) is 5.10 Å². The summed E-state index contributed by atoms with van der Waals surface area (Å²) in [6, 6.07) is 7.00. The van der Waals surface area contributed by atoms with E-state index in [9.17, 15) is 9.18 Å². The van der Waals surface area contributed by atoms with Gasteiger partial charge in [0.25, 0.3) is 0 Å². The summed E-state index contributed by atoms with van der Waals surface area (Å²) in [4.78, 5) is 16.9. The number of hydrogen-bond acceptors (Lipinski definition) is 5. The first-order chi connectivity index (χ1) is 15.6. The number of benzene rings is 1. The number of halogens is 1. The van der Waals surface area contributed by atoms with Gasteiger partial charge in [-0.25, -0.2) is 14.2 Å². The third-order valence-corrected chi connectivity index (χ3v) is 6.84. The van der Waals surface area contributed by atoms with Crippen molar-refractivity contribution in [3.63, 3.8) is 0 Å². The maximum absolute atomic E-state index is 14.8. The molecular weight excluding hydrogens is 429 g/mol. The van der Waals surface area contributed by atoms with Gasteiger partial charge in [-0.3, -0.25) is 9.40 Å². The minimum atomic E-state index is -0.379. The lowest BCUT2D eigenvalue weighted by Crippen LogP contribution is -2.24. The maximum atomic E-state index is 14.8. The predicted molar refractivity (Wildman–Crippen MR) is 121 cm³/mol. The molecule has 0 saturated heterocycles. The Bertz CT molecular complexity index is 1160. The van der Waals surface area contributed by atoms with Gasteiger partial charge < -0.3 is 10.1 Å². The van der Waals surface area contributed by atoms with E-state index in [2.05, 4.69) is 20.1 Å². The van der Waals surface area contributed by atoms with Crippen LogP contribution in [0.2, 0.25) is 0 Å². The molecule has 0 aliphatic heterocycles. The number of carbonyl (C=O) groups is 1. The van der Waals surface area contributed by atoms with Gasteiger partial charge in [-0.15, -0.1) is 0 Å². The van der Waals surface area contributed by atoms with Gasteiger partial charge in [-0.05, 0) is 73.4 Å². The van der Waals surface area contributed by atoms with Crippen molar-refractivity contribution in [1.82, 2.24) is 19.5 Å². The number of urea groups is 1. The first-order valence-electron chi connectivity index (χ1n) is 10.8. The zero-order chi connectivity index (χ0) is 22.1. The number of methoxy groups -OCH3 is 1. The number of fused-ring (bicyclic) bond motifs is 1. The highest BCUT2D eigenvalue weighted by Crippen LogP contribution is 2.40. The zero-order valence-electron chi connectivity index (χ0n) is 17.7. The van der Waals surface area contributed by atoms with Crippen LogP contribution in [0.3, 0.4) is 0 Å². The van der Waals surface area contributed by atoms with Crippen LogP contribution in [0.5, 0.6) is 5.88 Å². The summed E-state index contributed by atoms with van der Waals surface area (Å²) in [5.74, 6) is 0.182. The Morgan fingerprint density at radius 3 is 2.84 bits per heavy atom. The predicted octanol–water partition coefficient (Wildman–Crippen LogP) is 5.14. The highest BCUT2D eigenvalue weighted by atomic mass is 32.2. The van der Waals surface area contributed by atoms with E-state index < -0.39 is 0 Å². The molecule has 0 bridgehead atoms. The smallest absolute Gasteiger partial charge is 0.329 e. The molecule has 2 amide bonds. The Balaban J connectivity index is 1.37. The van der Waals surface area contributed by atoms with Crippen LogP contribution in [0.1, 0.15) is 42.9 Å². The topological polar surface area (TPSA) is 81.1 Å². The summed E-state index contributed by atoms with van der Waals surface area (Å²) in [6.45, 7) is 0. The molecular formula is C23H24FN5O2S. The second-order valence-electron chi connectivity index (χ2n) is 8.06. The highest BCUT2D eigenvalue weighted by molar-refractivity contribution is 7.97. The van der Waals surface area contributed by atoms with Gasteiger partial charge in [0.1, 0.15) is 10.8 Å². The number of carbonyl (C=O) groups excluding carboxylic acids is 1. The van der Waals surface area contributed by atoms with Crippen molar-refractivity contribution >= 4 is 23.7 Å². The lowest BCUT2D eigenvalue weighted by molar-refractivity contribution is 0.257. The van der Waals surface area contributed by atoms with E-state index >= 15 is 0 Å². The van der Waals surface area contributed by atoms with E-state index in [0.29, 0.717) is 35.2 Å². The fraction of sp³-hybridized carbons (Fsp3) is 0.348. The number of nitrogens with zero attached hydrogens (tertiary/aromatic N) is 3. The number of aromatic nitrogens is 3. The van der Waals surface area contributed by atoms with Crippen molar-refractivity contribution in [2.24, 2.45) is 0 Å². The summed E-state index contributed by atoms with van der Waals surface area (Å²) >= 11 is 1.17. The van der Waals surface area contributed by atoms with Crippen molar-refractivity contribution < 1.29 is 13.9 Å². The van der Waals surface area contributed by atoms with Gasteiger partial charge in [-0.1, -0.05) is 0 Å². The van der Waals surface area contributed by atoms with Crippen molar-refractivity contribution in [2.75, 3.05) is 12.4 Å². The monoisotopic (exact) mass is 453 g/mol. The summed E-state index contributed by atoms with van der Waals surface area (Å²) in [5, 5.41) is 8.23. The minimum Gasteiger partial charge on any atom is -0.481 e. The molecule has 3 aromatic rings. The average molecular weight is 454 g/mol. The fourth-order valence-corrected chi connectivity index (χ4v) is 4.77.